The van der Waals surface area contributed by atoms with E-state index < -0.39 is 11.5 Å². The van der Waals surface area contributed by atoms with Gasteiger partial charge in [-0.3, -0.25) is 4.79 Å². The molecule has 0 aliphatic rings. The molecule has 1 aromatic carbocycles. The molecule has 0 aliphatic heterocycles. The van der Waals surface area contributed by atoms with Crippen LogP contribution in [0.15, 0.2) is 30.3 Å². The third-order valence-corrected chi connectivity index (χ3v) is 2.36. The van der Waals surface area contributed by atoms with Crippen molar-refractivity contribution in [2.24, 2.45) is 5.73 Å². The summed E-state index contributed by atoms with van der Waals surface area (Å²) < 4.78 is 0. The van der Waals surface area contributed by atoms with E-state index in [0.717, 1.165) is 5.56 Å². The van der Waals surface area contributed by atoms with E-state index in [9.17, 15) is 9.90 Å². The summed E-state index contributed by atoms with van der Waals surface area (Å²) in [4.78, 5) is 10.8. The predicted octanol–water partition coefficient (Wildman–Crippen LogP) is 1.16. The van der Waals surface area contributed by atoms with Crippen molar-refractivity contribution in [3.63, 3.8) is 0 Å². The lowest BCUT2D eigenvalue weighted by molar-refractivity contribution is -0.123. The third kappa shape index (κ3) is 2.33. The van der Waals surface area contributed by atoms with Crippen LogP contribution < -0.4 is 5.73 Å². The molecular formula is C11H15NO2. The minimum absolute atomic E-state index is 0.0342. The van der Waals surface area contributed by atoms with Gasteiger partial charge in [-0.25, -0.2) is 0 Å². The average Bonchev–Trinajstić information content (AvgIpc) is 2.18. The molecule has 0 fully saturated rings. The molecule has 3 N–H and O–H groups in total. The lowest BCUT2D eigenvalue weighted by Gasteiger charge is -2.25. The molecule has 0 bridgehead atoms. The topological polar surface area (TPSA) is 63.3 Å². The standard InChI is InChI=1S/C11H15NO2/c1-2-11(14,8-10(12)13)9-6-4-3-5-7-9/h3-7,14H,2,8H2,1H3,(H2,12,13)/t11-/m1/s1. The quantitative estimate of drug-likeness (QED) is 0.753. The summed E-state index contributed by atoms with van der Waals surface area (Å²) in [5.41, 5.74) is 4.71. The molecule has 1 amide bonds. The lowest BCUT2D eigenvalue weighted by atomic mass is 9.88. The number of primary amides is 1. The van der Waals surface area contributed by atoms with E-state index >= 15 is 0 Å². The number of hydrogen-bond acceptors (Lipinski definition) is 2. The van der Waals surface area contributed by atoms with Gasteiger partial charge in [0.2, 0.25) is 5.91 Å². The second kappa shape index (κ2) is 4.24. The van der Waals surface area contributed by atoms with Gasteiger partial charge in [0.1, 0.15) is 0 Å². The van der Waals surface area contributed by atoms with Crippen LogP contribution in [-0.4, -0.2) is 11.0 Å². The molecular weight excluding hydrogens is 178 g/mol. The van der Waals surface area contributed by atoms with Crippen molar-refractivity contribution in [2.75, 3.05) is 0 Å². The van der Waals surface area contributed by atoms with Crippen molar-refractivity contribution in [1.29, 1.82) is 0 Å². The van der Waals surface area contributed by atoms with E-state index in [2.05, 4.69) is 0 Å². The fourth-order valence-electron chi connectivity index (χ4n) is 1.47. The van der Waals surface area contributed by atoms with Gasteiger partial charge in [0.25, 0.3) is 0 Å². The van der Waals surface area contributed by atoms with Crippen LogP contribution in [0.1, 0.15) is 25.3 Å². The second-order valence-electron chi connectivity index (χ2n) is 3.39. The first-order valence-electron chi connectivity index (χ1n) is 4.64. The van der Waals surface area contributed by atoms with Gasteiger partial charge in [0, 0.05) is 0 Å². The average molecular weight is 193 g/mol. The predicted molar refractivity (Wildman–Crippen MR) is 54.4 cm³/mol. The Morgan fingerprint density at radius 2 is 2.00 bits per heavy atom. The van der Waals surface area contributed by atoms with Gasteiger partial charge < -0.3 is 10.8 Å². The van der Waals surface area contributed by atoms with Crippen molar-refractivity contribution in [3.8, 4) is 0 Å². The Kier molecular flexibility index (Phi) is 3.25. The Hall–Kier alpha value is -1.35. The molecule has 0 saturated carbocycles. The van der Waals surface area contributed by atoms with E-state index in [4.69, 9.17) is 5.73 Å². The molecule has 0 aliphatic carbocycles. The molecule has 0 spiro atoms. The third-order valence-electron chi connectivity index (χ3n) is 2.36. The minimum atomic E-state index is -1.12. The first-order chi connectivity index (χ1) is 6.58. The van der Waals surface area contributed by atoms with E-state index in [1.807, 2.05) is 25.1 Å². The zero-order valence-electron chi connectivity index (χ0n) is 8.23. The largest absolute Gasteiger partial charge is 0.385 e. The van der Waals surface area contributed by atoms with Crippen LogP contribution >= 0.6 is 0 Å². The van der Waals surface area contributed by atoms with Gasteiger partial charge in [0.15, 0.2) is 0 Å². The maximum absolute atomic E-state index is 10.8. The molecule has 1 aromatic rings. The Labute approximate surface area is 83.6 Å². The SMILES string of the molecule is CC[C@@](O)(CC(N)=O)c1ccccc1. The maximum atomic E-state index is 10.8. The molecule has 0 saturated heterocycles. The van der Waals surface area contributed by atoms with Crippen LogP contribution in [0.3, 0.4) is 0 Å². The number of carbonyl (C=O) groups is 1. The second-order valence-corrected chi connectivity index (χ2v) is 3.39. The maximum Gasteiger partial charge on any atom is 0.220 e. The normalized spacial score (nSPS) is 14.7. The number of carbonyl (C=O) groups excluding carboxylic acids is 1. The Balaban J connectivity index is 2.95. The summed E-state index contributed by atoms with van der Waals surface area (Å²) in [6, 6.07) is 9.12. The number of rotatable bonds is 4. The number of aliphatic hydroxyl groups is 1. The van der Waals surface area contributed by atoms with E-state index in [0.29, 0.717) is 6.42 Å². The van der Waals surface area contributed by atoms with Gasteiger partial charge >= 0.3 is 0 Å². The summed E-state index contributed by atoms with van der Waals surface area (Å²) in [6.45, 7) is 1.83. The van der Waals surface area contributed by atoms with E-state index in [-0.39, 0.29) is 6.42 Å². The van der Waals surface area contributed by atoms with Crippen LogP contribution in [0.25, 0.3) is 0 Å². The van der Waals surface area contributed by atoms with Crippen molar-refractivity contribution < 1.29 is 9.90 Å². The molecule has 3 nitrogen and oxygen atoms in total. The summed E-state index contributed by atoms with van der Waals surface area (Å²) in [5, 5.41) is 10.2. The molecule has 3 heteroatoms. The van der Waals surface area contributed by atoms with Crippen molar-refractivity contribution in [1.82, 2.24) is 0 Å². The fraction of sp³-hybridized carbons (Fsp3) is 0.364. The number of benzene rings is 1. The molecule has 0 heterocycles. The highest BCUT2D eigenvalue weighted by Crippen LogP contribution is 2.27. The van der Waals surface area contributed by atoms with Gasteiger partial charge in [-0.2, -0.15) is 0 Å². The Morgan fingerprint density at radius 3 is 2.43 bits per heavy atom. The van der Waals surface area contributed by atoms with Crippen molar-refractivity contribution in [2.45, 2.75) is 25.4 Å². The van der Waals surface area contributed by atoms with E-state index in [1.54, 1.807) is 12.1 Å². The van der Waals surface area contributed by atoms with Crippen LogP contribution in [-0.2, 0) is 10.4 Å². The summed E-state index contributed by atoms with van der Waals surface area (Å²) in [7, 11) is 0. The first kappa shape index (κ1) is 10.7. The van der Waals surface area contributed by atoms with E-state index in [1.165, 1.54) is 0 Å². The smallest absolute Gasteiger partial charge is 0.220 e. The van der Waals surface area contributed by atoms with Gasteiger partial charge in [-0.05, 0) is 12.0 Å². The molecule has 0 radical (unpaired) electrons. The van der Waals surface area contributed by atoms with Crippen LogP contribution in [0, 0.1) is 0 Å². The minimum Gasteiger partial charge on any atom is -0.385 e. The fourth-order valence-corrected chi connectivity index (χ4v) is 1.47. The molecule has 1 rings (SSSR count). The van der Waals surface area contributed by atoms with Crippen molar-refractivity contribution >= 4 is 5.91 Å². The first-order valence-corrected chi connectivity index (χ1v) is 4.64. The highest BCUT2D eigenvalue weighted by Gasteiger charge is 2.28. The lowest BCUT2D eigenvalue weighted by Crippen LogP contribution is -2.31. The monoisotopic (exact) mass is 193 g/mol. The molecule has 0 unspecified atom stereocenters. The van der Waals surface area contributed by atoms with Crippen LogP contribution in [0.5, 0.6) is 0 Å². The molecule has 76 valence electrons. The number of nitrogens with two attached hydrogens (primary N) is 1. The summed E-state index contributed by atoms with van der Waals surface area (Å²) in [5.74, 6) is -0.488. The summed E-state index contributed by atoms with van der Waals surface area (Å²) in [6.07, 6.45) is 0.438. The molecule has 0 aromatic heterocycles. The number of amides is 1. The van der Waals surface area contributed by atoms with Gasteiger partial charge in [-0.1, -0.05) is 37.3 Å². The summed E-state index contributed by atoms with van der Waals surface area (Å²) >= 11 is 0. The van der Waals surface area contributed by atoms with Crippen LogP contribution in [0.2, 0.25) is 0 Å². The highest BCUT2D eigenvalue weighted by molar-refractivity contribution is 5.75. The number of hydrogen-bond donors (Lipinski definition) is 2. The van der Waals surface area contributed by atoms with Crippen LogP contribution in [0.4, 0.5) is 0 Å². The van der Waals surface area contributed by atoms with Gasteiger partial charge in [-0.15, -0.1) is 0 Å². The van der Waals surface area contributed by atoms with Crippen molar-refractivity contribution in [3.05, 3.63) is 35.9 Å². The van der Waals surface area contributed by atoms with Gasteiger partial charge in [0.05, 0.1) is 12.0 Å². The zero-order chi connectivity index (χ0) is 10.6. The molecule has 14 heavy (non-hydrogen) atoms. The zero-order valence-corrected chi connectivity index (χ0v) is 8.23. The Morgan fingerprint density at radius 1 is 1.43 bits per heavy atom. The molecule has 1 atom stereocenters. The highest BCUT2D eigenvalue weighted by atomic mass is 16.3. The Bertz CT molecular complexity index is 310.